The molecule has 2 aliphatic rings. The van der Waals surface area contributed by atoms with Gasteiger partial charge in [0, 0.05) is 26.3 Å². The second-order valence-corrected chi connectivity index (χ2v) is 20.5. The largest absolute Gasteiger partial charge is 0.310 e. The summed E-state index contributed by atoms with van der Waals surface area (Å²) in [7, 11) is 0. The molecule has 0 N–H and O–H groups in total. The fourth-order valence-corrected chi connectivity index (χ4v) is 14.0. The number of fused-ring (bicyclic) bond motifs is 18. The Morgan fingerprint density at radius 3 is 1.75 bits per heavy atom. The van der Waals surface area contributed by atoms with Crippen LogP contribution in [0.3, 0.4) is 0 Å². The Morgan fingerprint density at radius 1 is 0.403 bits per heavy atom. The van der Waals surface area contributed by atoms with Crippen molar-refractivity contribution in [1.29, 1.82) is 0 Å². The van der Waals surface area contributed by atoms with Gasteiger partial charge in [-0.25, -0.2) is 0 Å². The molecule has 0 saturated heterocycles. The van der Waals surface area contributed by atoms with E-state index in [-0.39, 0.29) is 0 Å². The van der Waals surface area contributed by atoms with Gasteiger partial charge in [-0.15, -0.1) is 11.3 Å². The molecule has 1 spiro atoms. The third-order valence-electron chi connectivity index (χ3n) is 15.7. The summed E-state index contributed by atoms with van der Waals surface area (Å²) >= 11 is 1.94. The maximum absolute atomic E-state index is 2.57. The Hall–Kier alpha value is -8.82. The van der Waals surface area contributed by atoms with Crippen molar-refractivity contribution in [1.82, 2.24) is 0 Å². The van der Waals surface area contributed by atoms with Crippen molar-refractivity contribution < 1.29 is 0 Å². The van der Waals surface area contributed by atoms with Gasteiger partial charge in [-0.3, -0.25) is 0 Å². The average molecular weight is 932 g/mol. The summed E-state index contributed by atoms with van der Waals surface area (Å²) in [5, 5.41) is 11.4. The molecular weight excluding hydrogens is 887 g/mol. The Morgan fingerprint density at radius 2 is 0.972 bits per heavy atom. The van der Waals surface area contributed by atoms with Crippen LogP contribution in [0.4, 0.5) is 17.1 Å². The van der Waals surface area contributed by atoms with Crippen molar-refractivity contribution in [2.24, 2.45) is 0 Å². The molecule has 0 saturated carbocycles. The molecule has 0 aliphatic heterocycles. The minimum absolute atomic E-state index is 0.559. The third-order valence-corrected chi connectivity index (χ3v) is 16.9. The highest BCUT2D eigenvalue weighted by molar-refractivity contribution is 7.22. The molecule has 336 valence electrons. The van der Waals surface area contributed by atoms with Gasteiger partial charge in [0.25, 0.3) is 0 Å². The first-order valence-corrected chi connectivity index (χ1v) is 25.9. The summed E-state index contributed by atoms with van der Waals surface area (Å²) in [5.41, 5.74) is 17.3. The van der Waals surface area contributed by atoms with Gasteiger partial charge in [0.2, 0.25) is 0 Å². The zero-order chi connectivity index (χ0) is 47.3. The topological polar surface area (TPSA) is 3.24 Å². The van der Waals surface area contributed by atoms with Crippen LogP contribution in [0.25, 0.3) is 80.3 Å². The number of rotatable bonds is 7. The van der Waals surface area contributed by atoms with E-state index in [1.54, 1.807) is 0 Å². The molecule has 1 nitrogen and oxygen atoms in total. The lowest BCUT2D eigenvalue weighted by molar-refractivity contribution is 0.800. The van der Waals surface area contributed by atoms with Crippen molar-refractivity contribution in [2.45, 2.75) is 11.8 Å². The van der Waals surface area contributed by atoms with Crippen LogP contribution in [-0.4, -0.2) is 0 Å². The van der Waals surface area contributed by atoms with Gasteiger partial charge in [0.1, 0.15) is 0 Å². The lowest BCUT2D eigenvalue weighted by Gasteiger charge is -2.33. The van der Waals surface area contributed by atoms with Crippen LogP contribution >= 0.6 is 11.3 Å². The van der Waals surface area contributed by atoms with Gasteiger partial charge in [-0.05, 0) is 153 Å². The molecule has 12 aromatic carbocycles. The summed E-state index contributed by atoms with van der Waals surface area (Å²) in [6.07, 6.45) is 3.26. The first-order valence-electron chi connectivity index (χ1n) is 25.0. The monoisotopic (exact) mass is 931 g/mol. The molecule has 15 rings (SSSR count). The van der Waals surface area contributed by atoms with Gasteiger partial charge in [-0.2, -0.15) is 0 Å². The lowest BCUT2D eigenvalue weighted by Crippen LogP contribution is -2.26. The quantitative estimate of drug-likeness (QED) is 0.144. The Kier molecular flexibility index (Phi) is 9.18. The molecule has 13 aromatic rings. The summed E-state index contributed by atoms with van der Waals surface area (Å²) in [4.78, 5) is 3.87. The van der Waals surface area contributed by atoms with Crippen molar-refractivity contribution in [3.63, 3.8) is 0 Å². The summed E-state index contributed by atoms with van der Waals surface area (Å²) in [6, 6.07) is 95.2. The fraction of sp³-hybridized carbons (Fsp3) is 0.0286. The second kappa shape index (κ2) is 16.1. The number of allylic oxidation sites excluding steroid dienone is 1. The highest BCUT2D eigenvalue weighted by Crippen LogP contribution is 2.66. The van der Waals surface area contributed by atoms with E-state index >= 15 is 0 Å². The molecule has 1 aromatic heterocycles. The van der Waals surface area contributed by atoms with Gasteiger partial charge < -0.3 is 4.90 Å². The smallest absolute Gasteiger partial charge is 0.0741 e. The van der Waals surface area contributed by atoms with E-state index in [4.69, 9.17) is 0 Å². The van der Waals surface area contributed by atoms with E-state index < -0.39 is 5.41 Å². The van der Waals surface area contributed by atoms with Crippen LogP contribution in [0.2, 0.25) is 0 Å². The van der Waals surface area contributed by atoms with E-state index in [1.165, 1.54) is 119 Å². The van der Waals surface area contributed by atoms with Crippen LogP contribution < -0.4 is 4.90 Å². The Labute approximate surface area is 422 Å². The molecule has 2 heteroatoms. The Bertz CT molecular complexity index is 4370. The molecule has 1 atom stereocenters. The number of anilines is 3. The molecule has 1 unspecified atom stereocenters. The number of para-hydroxylation sites is 1. The first kappa shape index (κ1) is 41.0. The minimum atomic E-state index is -0.559. The molecule has 0 fully saturated rings. The van der Waals surface area contributed by atoms with Crippen molar-refractivity contribution in [3.05, 3.63) is 300 Å². The highest BCUT2D eigenvalue weighted by Gasteiger charge is 2.53. The standard InChI is InChI=1S/C70H45NS/c1-3-19-46(20-4-1)53(62-42-47-21-7-9-25-51(47)54-27-11-12-29-56(54)62)38-35-45-36-39-60-64(41-45)70(68-61-32-16-18-34-67(61)72-69(60)68)63-33-17-15-30-57(63)58-40-37-50(44-65(58)70)71(49-23-5-2-6-24-49)66-43-48-22-8-10-26-52(48)55-28-13-14-31-59(55)66/h1-34,36-44H,35H2/b53-38+. The first-order chi connectivity index (χ1) is 35.7. The van der Waals surface area contributed by atoms with Gasteiger partial charge in [0.05, 0.1) is 11.1 Å². The third kappa shape index (κ3) is 6.00. The predicted molar refractivity (Wildman–Crippen MR) is 306 cm³/mol. The average Bonchev–Trinajstić information content (AvgIpc) is 4.07. The summed E-state index contributed by atoms with van der Waals surface area (Å²) < 4.78 is 1.32. The fourth-order valence-electron chi connectivity index (χ4n) is 12.7. The summed E-state index contributed by atoms with van der Waals surface area (Å²) in [5.74, 6) is 0. The molecule has 72 heavy (non-hydrogen) atoms. The SMILES string of the molecule is C(/Cc1ccc2c(c1)C1(c3ccccc3-c3ccc(N(c4ccccc4)c4cc5ccccc5c5ccccc45)cc31)c1c-2sc2ccccc12)=C(/c1ccccc1)c1cc2ccccc2c2ccccc12. The highest BCUT2D eigenvalue weighted by atomic mass is 32.1. The predicted octanol–water partition coefficient (Wildman–Crippen LogP) is 19.0. The molecule has 0 amide bonds. The Balaban J connectivity index is 0.967. The van der Waals surface area contributed by atoms with Crippen molar-refractivity contribution >= 4 is 87.1 Å². The zero-order valence-corrected chi connectivity index (χ0v) is 40.2. The zero-order valence-electron chi connectivity index (χ0n) is 39.4. The van der Waals surface area contributed by atoms with E-state index in [2.05, 4.69) is 266 Å². The van der Waals surface area contributed by atoms with Gasteiger partial charge >= 0.3 is 0 Å². The van der Waals surface area contributed by atoms with Gasteiger partial charge in [0.15, 0.2) is 0 Å². The molecule has 0 bridgehead atoms. The van der Waals surface area contributed by atoms with Crippen molar-refractivity contribution in [3.8, 4) is 21.6 Å². The number of thiophene rings is 1. The molecular formula is C70H45NS. The maximum atomic E-state index is 2.57. The minimum Gasteiger partial charge on any atom is -0.310 e. The van der Waals surface area contributed by atoms with Crippen molar-refractivity contribution in [2.75, 3.05) is 4.90 Å². The lowest BCUT2D eigenvalue weighted by atomic mass is 9.69. The second-order valence-electron chi connectivity index (χ2n) is 19.4. The van der Waals surface area contributed by atoms with Crippen LogP contribution in [-0.2, 0) is 11.8 Å². The normalized spacial score (nSPS) is 14.6. The number of hydrogen-bond acceptors (Lipinski definition) is 2. The van der Waals surface area contributed by atoms with E-state index in [9.17, 15) is 0 Å². The van der Waals surface area contributed by atoms with E-state index in [0.717, 1.165) is 23.5 Å². The van der Waals surface area contributed by atoms with Gasteiger partial charge in [-0.1, -0.05) is 218 Å². The maximum Gasteiger partial charge on any atom is 0.0741 e. The van der Waals surface area contributed by atoms with E-state index in [0.29, 0.717) is 0 Å². The van der Waals surface area contributed by atoms with Crippen LogP contribution in [0.1, 0.15) is 38.9 Å². The number of nitrogens with zero attached hydrogens (tertiary/aromatic N) is 1. The van der Waals surface area contributed by atoms with Crippen LogP contribution in [0.5, 0.6) is 0 Å². The number of benzene rings is 12. The van der Waals surface area contributed by atoms with Crippen LogP contribution in [0, 0.1) is 0 Å². The molecule has 0 radical (unpaired) electrons. The number of hydrogen-bond donors (Lipinski definition) is 0. The van der Waals surface area contributed by atoms with Crippen LogP contribution in [0.15, 0.2) is 261 Å². The molecule has 1 heterocycles. The summed E-state index contributed by atoms with van der Waals surface area (Å²) in [6.45, 7) is 0. The molecule has 2 aliphatic carbocycles. The van der Waals surface area contributed by atoms with E-state index in [1.807, 2.05) is 11.3 Å².